The summed E-state index contributed by atoms with van der Waals surface area (Å²) in [6.45, 7) is 0. The number of hydrogen-bond acceptors (Lipinski definition) is 9. The molecule has 166 valence electrons. The summed E-state index contributed by atoms with van der Waals surface area (Å²) >= 11 is 1.24. The van der Waals surface area contributed by atoms with Crippen molar-refractivity contribution < 1.29 is 26.5 Å². The molecule has 1 saturated carbocycles. The monoisotopic (exact) mass is 483 g/mol. The van der Waals surface area contributed by atoms with Gasteiger partial charge in [0.25, 0.3) is 5.91 Å². The summed E-state index contributed by atoms with van der Waals surface area (Å²) in [7, 11) is -6.40. The number of oxime groups is 1. The van der Waals surface area contributed by atoms with Crippen LogP contribution in [0.3, 0.4) is 0 Å². The molecule has 0 radical (unpaired) electrons. The van der Waals surface area contributed by atoms with E-state index >= 15 is 0 Å². The second-order valence-electron chi connectivity index (χ2n) is 7.46. The molecule has 0 atom stereocenters. The van der Waals surface area contributed by atoms with Gasteiger partial charge in [0.1, 0.15) is 6.10 Å². The number of rotatable bonds is 7. The van der Waals surface area contributed by atoms with Crippen LogP contribution in [0, 0.1) is 0 Å². The fourth-order valence-corrected chi connectivity index (χ4v) is 6.77. The summed E-state index contributed by atoms with van der Waals surface area (Å²) in [6.07, 6.45) is 3.06. The van der Waals surface area contributed by atoms with Crippen LogP contribution >= 0.6 is 11.3 Å². The van der Waals surface area contributed by atoms with Crippen LogP contribution in [0.25, 0.3) is 0 Å². The molecule has 1 aliphatic carbocycles. The van der Waals surface area contributed by atoms with Crippen molar-refractivity contribution in [3.8, 4) is 0 Å². The van der Waals surface area contributed by atoms with E-state index in [0.717, 1.165) is 0 Å². The normalized spacial score (nSPS) is 19.7. The van der Waals surface area contributed by atoms with Crippen LogP contribution in [0.5, 0.6) is 0 Å². The highest BCUT2D eigenvalue weighted by atomic mass is 32.2. The molecule has 2 aromatic rings. The lowest BCUT2D eigenvalue weighted by Gasteiger charge is -2.20. The third kappa shape index (κ3) is 5.31. The van der Waals surface area contributed by atoms with E-state index in [1.807, 2.05) is 0 Å². The van der Waals surface area contributed by atoms with E-state index in [1.54, 1.807) is 11.6 Å². The third-order valence-corrected chi connectivity index (χ3v) is 9.76. The van der Waals surface area contributed by atoms with Crippen molar-refractivity contribution in [3.63, 3.8) is 0 Å². The van der Waals surface area contributed by atoms with E-state index in [4.69, 9.17) is 4.84 Å². The molecule has 12 heteroatoms. The van der Waals surface area contributed by atoms with Crippen molar-refractivity contribution in [2.45, 2.75) is 41.9 Å². The first-order valence-corrected chi connectivity index (χ1v) is 14.0. The summed E-state index contributed by atoms with van der Waals surface area (Å²) in [5.74, 6) is -0.528. The molecule has 2 aliphatic rings. The zero-order valence-electron chi connectivity index (χ0n) is 16.4. The molecule has 1 aromatic heterocycles. The standard InChI is InChI=1S/C19H21N3O6S3/c23-18(21-19-20-9-10-29-19)17(22-28-14-7-11-30(24,25)12-8-14)13-1-3-15(4-2-13)31(26,27)16-5-6-16/h1-4,9-10,14,16H,5-8,11-12H2,(H,20,21,23)/b22-17+. The maximum Gasteiger partial charge on any atom is 0.280 e. The molecular formula is C19H21N3O6S3. The molecule has 1 amide bonds. The molecule has 2 heterocycles. The van der Waals surface area contributed by atoms with Crippen molar-refractivity contribution in [2.75, 3.05) is 16.8 Å². The minimum atomic E-state index is -3.35. The maximum atomic E-state index is 12.8. The fourth-order valence-electron chi connectivity index (χ4n) is 3.14. The van der Waals surface area contributed by atoms with Gasteiger partial charge in [-0.3, -0.25) is 10.1 Å². The Hall–Kier alpha value is -2.31. The van der Waals surface area contributed by atoms with Crippen LogP contribution in [0.4, 0.5) is 5.13 Å². The molecular weight excluding hydrogens is 462 g/mol. The second-order valence-corrected chi connectivity index (χ2v) is 12.9. The highest BCUT2D eigenvalue weighted by Gasteiger charge is 2.36. The minimum absolute atomic E-state index is 0.0154. The Morgan fingerprint density at radius 2 is 1.81 bits per heavy atom. The van der Waals surface area contributed by atoms with E-state index < -0.39 is 31.7 Å². The Balaban J connectivity index is 1.56. The van der Waals surface area contributed by atoms with Crippen molar-refractivity contribution in [2.24, 2.45) is 5.16 Å². The van der Waals surface area contributed by atoms with Crippen molar-refractivity contribution in [1.82, 2.24) is 4.98 Å². The van der Waals surface area contributed by atoms with E-state index in [2.05, 4.69) is 15.5 Å². The predicted octanol–water partition coefficient (Wildman–Crippen LogP) is 2.02. The smallest absolute Gasteiger partial charge is 0.280 e. The highest BCUT2D eigenvalue weighted by molar-refractivity contribution is 7.92. The first kappa shape index (κ1) is 21.9. The summed E-state index contributed by atoms with van der Waals surface area (Å²) in [6, 6.07) is 5.96. The lowest BCUT2D eigenvalue weighted by molar-refractivity contribution is -0.110. The fraction of sp³-hybridized carbons (Fsp3) is 0.421. The number of aromatic nitrogens is 1. The van der Waals surface area contributed by atoms with Crippen LogP contribution in [-0.4, -0.2) is 56.3 Å². The van der Waals surface area contributed by atoms with E-state index in [0.29, 0.717) is 36.4 Å². The van der Waals surface area contributed by atoms with Crippen LogP contribution in [-0.2, 0) is 29.3 Å². The number of carbonyl (C=O) groups is 1. The maximum absolute atomic E-state index is 12.8. The van der Waals surface area contributed by atoms with Crippen molar-refractivity contribution >= 4 is 47.8 Å². The highest BCUT2D eigenvalue weighted by Crippen LogP contribution is 2.33. The zero-order chi connectivity index (χ0) is 22.1. The Kier molecular flexibility index (Phi) is 6.13. The van der Waals surface area contributed by atoms with Gasteiger partial charge in [-0.25, -0.2) is 21.8 Å². The Morgan fingerprint density at radius 1 is 1.13 bits per heavy atom. The van der Waals surface area contributed by atoms with Gasteiger partial charge < -0.3 is 4.84 Å². The predicted molar refractivity (Wildman–Crippen MR) is 117 cm³/mol. The van der Waals surface area contributed by atoms with Gasteiger partial charge in [0, 0.05) is 30.0 Å². The van der Waals surface area contributed by atoms with Gasteiger partial charge in [0.2, 0.25) is 0 Å². The van der Waals surface area contributed by atoms with Crippen LogP contribution in [0.1, 0.15) is 31.2 Å². The molecule has 0 spiro atoms. The largest absolute Gasteiger partial charge is 0.392 e. The molecule has 1 aromatic carbocycles. The number of nitrogens with one attached hydrogen (secondary N) is 1. The first-order chi connectivity index (χ1) is 14.7. The van der Waals surface area contributed by atoms with Crippen LogP contribution in [0.15, 0.2) is 45.9 Å². The number of hydrogen-bond donors (Lipinski definition) is 1. The lowest BCUT2D eigenvalue weighted by Crippen LogP contribution is -2.29. The average molecular weight is 484 g/mol. The van der Waals surface area contributed by atoms with Gasteiger partial charge in [0.15, 0.2) is 30.5 Å². The number of anilines is 1. The molecule has 1 N–H and O–H groups in total. The molecule has 9 nitrogen and oxygen atoms in total. The molecule has 31 heavy (non-hydrogen) atoms. The van der Waals surface area contributed by atoms with Gasteiger partial charge in [-0.2, -0.15) is 0 Å². The number of nitrogens with zero attached hydrogens (tertiary/aromatic N) is 2. The summed E-state index contributed by atoms with van der Waals surface area (Å²) in [5, 5.41) is 8.43. The summed E-state index contributed by atoms with van der Waals surface area (Å²) in [4.78, 5) is 22.5. The molecule has 0 bridgehead atoms. The Bertz CT molecular complexity index is 1170. The summed E-state index contributed by atoms with van der Waals surface area (Å²) in [5.41, 5.74) is 0.339. The van der Waals surface area contributed by atoms with Crippen molar-refractivity contribution in [1.29, 1.82) is 0 Å². The van der Waals surface area contributed by atoms with Gasteiger partial charge >= 0.3 is 0 Å². The van der Waals surface area contributed by atoms with E-state index in [1.165, 1.54) is 35.6 Å². The molecule has 0 unspecified atom stereocenters. The Morgan fingerprint density at radius 3 is 2.39 bits per heavy atom. The number of carbonyl (C=O) groups excluding carboxylic acids is 1. The van der Waals surface area contributed by atoms with Crippen LogP contribution in [0.2, 0.25) is 0 Å². The number of benzene rings is 1. The quantitative estimate of drug-likeness (QED) is 0.471. The minimum Gasteiger partial charge on any atom is -0.392 e. The summed E-state index contributed by atoms with van der Waals surface area (Å²) < 4.78 is 48.0. The molecule has 4 rings (SSSR count). The number of amides is 1. The lowest BCUT2D eigenvalue weighted by atomic mass is 10.1. The molecule has 1 saturated heterocycles. The number of thiazole rings is 1. The van der Waals surface area contributed by atoms with Gasteiger partial charge in [-0.1, -0.05) is 17.3 Å². The van der Waals surface area contributed by atoms with Crippen LogP contribution < -0.4 is 5.32 Å². The average Bonchev–Trinajstić information content (AvgIpc) is 3.49. The molecule has 1 aliphatic heterocycles. The number of sulfone groups is 2. The zero-order valence-corrected chi connectivity index (χ0v) is 18.9. The van der Waals surface area contributed by atoms with Gasteiger partial charge in [-0.05, 0) is 25.0 Å². The molecule has 2 fully saturated rings. The SMILES string of the molecule is O=C(Nc1nccs1)/C(=N/OC1CCS(=O)(=O)CC1)c1ccc(S(=O)(=O)C2CC2)cc1. The van der Waals surface area contributed by atoms with Gasteiger partial charge in [0.05, 0.1) is 21.7 Å². The second kappa shape index (κ2) is 8.67. The first-order valence-electron chi connectivity index (χ1n) is 9.74. The third-order valence-electron chi connectivity index (χ3n) is 5.08. The topological polar surface area (TPSA) is 132 Å². The van der Waals surface area contributed by atoms with Gasteiger partial charge in [-0.15, -0.1) is 11.3 Å². The van der Waals surface area contributed by atoms with E-state index in [9.17, 15) is 21.6 Å². The van der Waals surface area contributed by atoms with E-state index in [-0.39, 0.29) is 27.4 Å². The Labute approximate surface area is 184 Å². The van der Waals surface area contributed by atoms with Crippen molar-refractivity contribution in [3.05, 3.63) is 41.4 Å².